The van der Waals surface area contributed by atoms with Crippen molar-refractivity contribution in [1.82, 2.24) is 0 Å². The molecule has 7 heteroatoms. The normalized spacial score (nSPS) is 10.3. The van der Waals surface area contributed by atoms with Gasteiger partial charge in [0.15, 0.2) is 0 Å². The Bertz CT molecular complexity index is 638. The SMILES string of the molecule is O=[N+]([O-])c1cccc(CSc2ccc(Cl)cc2NCl)c1. The third-order valence-corrected chi connectivity index (χ3v) is 4.14. The number of hydrogen-bond donors (Lipinski definition) is 1. The second kappa shape index (κ2) is 6.83. The molecule has 0 heterocycles. The molecule has 2 aromatic carbocycles. The minimum atomic E-state index is -0.401. The number of nitrogens with one attached hydrogen (secondary N) is 1. The molecular weight excluding hydrogens is 319 g/mol. The zero-order valence-corrected chi connectivity index (χ0v) is 12.5. The van der Waals surface area contributed by atoms with Crippen LogP contribution in [-0.2, 0) is 5.75 Å². The summed E-state index contributed by atoms with van der Waals surface area (Å²) in [5.74, 6) is 0.606. The number of rotatable bonds is 5. The average Bonchev–Trinajstić information content (AvgIpc) is 2.46. The van der Waals surface area contributed by atoms with Crippen LogP contribution in [0.1, 0.15) is 5.56 Å². The summed E-state index contributed by atoms with van der Waals surface area (Å²) < 4.78 is 0. The fourth-order valence-electron chi connectivity index (χ4n) is 1.62. The molecular formula is C13H10Cl2N2O2S. The second-order valence-corrected chi connectivity index (χ2v) is 5.59. The molecule has 2 aromatic rings. The van der Waals surface area contributed by atoms with E-state index in [9.17, 15) is 10.1 Å². The van der Waals surface area contributed by atoms with Crippen molar-refractivity contribution in [3.63, 3.8) is 0 Å². The van der Waals surface area contributed by atoms with Gasteiger partial charge in [0.25, 0.3) is 5.69 Å². The van der Waals surface area contributed by atoms with Gasteiger partial charge in [-0.05, 0) is 23.8 Å². The molecule has 4 nitrogen and oxygen atoms in total. The Labute approximate surface area is 130 Å². The predicted octanol–water partition coefficient (Wildman–Crippen LogP) is 5.11. The van der Waals surface area contributed by atoms with Crippen molar-refractivity contribution in [1.29, 1.82) is 0 Å². The Kier molecular flexibility index (Phi) is 5.11. The Morgan fingerprint density at radius 3 is 2.75 bits per heavy atom. The maximum Gasteiger partial charge on any atom is 0.269 e. The smallest absolute Gasteiger partial charge is 0.269 e. The van der Waals surface area contributed by atoms with E-state index < -0.39 is 4.92 Å². The van der Waals surface area contributed by atoms with E-state index in [1.807, 2.05) is 12.1 Å². The summed E-state index contributed by atoms with van der Waals surface area (Å²) in [5, 5.41) is 11.3. The van der Waals surface area contributed by atoms with Crippen LogP contribution in [0.2, 0.25) is 5.02 Å². The third kappa shape index (κ3) is 3.79. The van der Waals surface area contributed by atoms with E-state index in [0.717, 1.165) is 16.1 Å². The molecule has 0 fully saturated rings. The highest BCUT2D eigenvalue weighted by atomic mass is 35.5. The van der Waals surface area contributed by atoms with Gasteiger partial charge in [-0.2, -0.15) is 0 Å². The Morgan fingerprint density at radius 2 is 2.05 bits per heavy atom. The van der Waals surface area contributed by atoms with Gasteiger partial charge in [0, 0.05) is 39.6 Å². The lowest BCUT2D eigenvalue weighted by molar-refractivity contribution is -0.384. The molecule has 0 unspecified atom stereocenters. The van der Waals surface area contributed by atoms with Gasteiger partial charge in [-0.1, -0.05) is 23.7 Å². The monoisotopic (exact) mass is 328 g/mol. The Hall–Kier alpha value is -1.43. The van der Waals surface area contributed by atoms with Crippen LogP contribution >= 0.6 is 35.1 Å². The highest BCUT2D eigenvalue weighted by molar-refractivity contribution is 7.98. The number of thioether (sulfide) groups is 1. The van der Waals surface area contributed by atoms with Crippen LogP contribution in [0.5, 0.6) is 0 Å². The summed E-state index contributed by atoms with van der Waals surface area (Å²) in [6, 6.07) is 11.9. The lowest BCUT2D eigenvalue weighted by atomic mass is 10.2. The van der Waals surface area contributed by atoms with Crippen LogP contribution in [0.15, 0.2) is 47.4 Å². The Balaban J connectivity index is 2.12. The number of anilines is 1. The van der Waals surface area contributed by atoms with Gasteiger partial charge in [-0.15, -0.1) is 11.8 Å². The Morgan fingerprint density at radius 1 is 1.25 bits per heavy atom. The molecule has 0 amide bonds. The van der Waals surface area contributed by atoms with E-state index in [1.165, 1.54) is 17.8 Å². The largest absolute Gasteiger partial charge is 0.297 e. The first-order valence-electron chi connectivity index (χ1n) is 5.62. The van der Waals surface area contributed by atoms with E-state index in [4.69, 9.17) is 23.4 Å². The first-order chi connectivity index (χ1) is 9.60. The fraction of sp³-hybridized carbons (Fsp3) is 0.0769. The van der Waals surface area contributed by atoms with Gasteiger partial charge in [0.1, 0.15) is 0 Å². The summed E-state index contributed by atoms with van der Waals surface area (Å²) in [7, 11) is 0. The number of nitrogens with zero attached hydrogens (tertiary/aromatic N) is 1. The van der Waals surface area contributed by atoms with E-state index in [0.29, 0.717) is 10.8 Å². The molecule has 0 aliphatic rings. The van der Waals surface area contributed by atoms with Crippen LogP contribution < -0.4 is 4.84 Å². The summed E-state index contributed by atoms with van der Waals surface area (Å²) in [6.07, 6.45) is 0. The molecule has 1 N–H and O–H groups in total. The maximum absolute atomic E-state index is 10.7. The molecule has 20 heavy (non-hydrogen) atoms. The predicted molar refractivity (Wildman–Crippen MR) is 83.6 cm³/mol. The van der Waals surface area contributed by atoms with Crippen molar-refractivity contribution >= 4 is 46.5 Å². The summed E-state index contributed by atoms with van der Waals surface area (Å²) in [5.41, 5.74) is 1.68. The van der Waals surface area contributed by atoms with Crippen molar-refractivity contribution < 1.29 is 4.92 Å². The first-order valence-corrected chi connectivity index (χ1v) is 7.36. The maximum atomic E-state index is 10.7. The van der Waals surface area contributed by atoms with Crippen molar-refractivity contribution in [2.24, 2.45) is 0 Å². The molecule has 104 valence electrons. The van der Waals surface area contributed by atoms with Gasteiger partial charge in [-0.3, -0.25) is 15.0 Å². The molecule has 0 radical (unpaired) electrons. The van der Waals surface area contributed by atoms with Gasteiger partial charge in [0.05, 0.1) is 10.6 Å². The number of halogens is 2. The van der Waals surface area contributed by atoms with Gasteiger partial charge in [0.2, 0.25) is 0 Å². The molecule has 0 aliphatic heterocycles. The van der Waals surface area contributed by atoms with Crippen LogP contribution in [0.4, 0.5) is 11.4 Å². The minimum Gasteiger partial charge on any atom is -0.297 e. The van der Waals surface area contributed by atoms with Crippen LogP contribution in [0, 0.1) is 10.1 Å². The van der Waals surface area contributed by atoms with E-state index >= 15 is 0 Å². The van der Waals surface area contributed by atoms with Crippen molar-refractivity contribution in [2.75, 3.05) is 4.84 Å². The lowest BCUT2D eigenvalue weighted by Crippen LogP contribution is -1.90. The molecule has 2 rings (SSSR count). The molecule has 0 spiro atoms. The fourth-order valence-corrected chi connectivity index (χ4v) is 2.94. The van der Waals surface area contributed by atoms with E-state index in [1.54, 1.807) is 24.3 Å². The quantitative estimate of drug-likeness (QED) is 0.359. The van der Waals surface area contributed by atoms with Gasteiger partial charge < -0.3 is 0 Å². The van der Waals surface area contributed by atoms with Gasteiger partial charge in [-0.25, -0.2) is 0 Å². The minimum absolute atomic E-state index is 0.0925. The standard InChI is InChI=1S/C13H10Cl2N2O2S/c14-10-4-5-13(12(7-10)16-15)20-8-9-2-1-3-11(6-9)17(18)19/h1-7,16H,8H2. The van der Waals surface area contributed by atoms with E-state index in [-0.39, 0.29) is 5.69 Å². The number of benzene rings is 2. The van der Waals surface area contributed by atoms with Crippen molar-refractivity contribution in [3.8, 4) is 0 Å². The number of nitro benzene ring substituents is 1. The highest BCUT2D eigenvalue weighted by Crippen LogP contribution is 2.33. The topological polar surface area (TPSA) is 55.2 Å². The molecule has 0 aliphatic carbocycles. The average molecular weight is 329 g/mol. The van der Waals surface area contributed by atoms with Crippen LogP contribution in [0.3, 0.4) is 0 Å². The highest BCUT2D eigenvalue weighted by Gasteiger charge is 2.08. The number of nitro groups is 1. The summed E-state index contributed by atoms with van der Waals surface area (Å²) in [6.45, 7) is 0. The molecule has 0 atom stereocenters. The lowest BCUT2D eigenvalue weighted by Gasteiger charge is -2.08. The van der Waals surface area contributed by atoms with Crippen molar-refractivity contribution in [2.45, 2.75) is 10.6 Å². The molecule has 0 aromatic heterocycles. The zero-order chi connectivity index (χ0) is 14.5. The first kappa shape index (κ1) is 15.0. The summed E-state index contributed by atoms with van der Waals surface area (Å²) >= 11 is 13.1. The third-order valence-electron chi connectivity index (χ3n) is 2.56. The molecule has 0 saturated carbocycles. The molecule has 0 saturated heterocycles. The van der Waals surface area contributed by atoms with Crippen LogP contribution in [0.25, 0.3) is 0 Å². The number of non-ortho nitro benzene ring substituents is 1. The molecule has 0 bridgehead atoms. The van der Waals surface area contributed by atoms with E-state index in [2.05, 4.69) is 4.84 Å². The van der Waals surface area contributed by atoms with Gasteiger partial charge >= 0.3 is 0 Å². The number of hydrogen-bond acceptors (Lipinski definition) is 4. The van der Waals surface area contributed by atoms with Crippen molar-refractivity contribution in [3.05, 3.63) is 63.2 Å². The zero-order valence-electron chi connectivity index (χ0n) is 10.2. The second-order valence-electron chi connectivity index (χ2n) is 3.95. The summed E-state index contributed by atoms with van der Waals surface area (Å²) in [4.78, 5) is 13.8. The van der Waals surface area contributed by atoms with Crippen LogP contribution in [-0.4, -0.2) is 4.92 Å².